The van der Waals surface area contributed by atoms with Crippen molar-refractivity contribution in [3.05, 3.63) is 54.6 Å². The van der Waals surface area contributed by atoms with E-state index in [2.05, 4.69) is 15.3 Å². The van der Waals surface area contributed by atoms with Crippen LogP contribution in [0.15, 0.2) is 48.8 Å². The molecule has 9 nitrogen and oxygen atoms in total. The molecule has 3 heterocycles. The second kappa shape index (κ2) is 9.30. The van der Waals surface area contributed by atoms with Crippen LogP contribution in [-0.4, -0.2) is 45.9 Å². The zero-order chi connectivity index (χ0) is 24.5. The summed E-state index contributed by atoms with van der Waals surface area (Å²) in [5.74, 6) is -0.129. The smallest absolute Gasteiger partial charge is 0.228 e. The van der Waals surface area contributed by atoms with Gasteiger partial charge in [0.2, 0.25) is 5.91 Å². The third-order valence-electron chi connectivity index (χ3n) is 6.27. The standard InChI is InChI=1S/C25H26FN7O2/c1-15(34)32(19-6-4-3-5-18(19)26)20-8-7-16(13-21(20)35-2)23-22-24(27)29-14-30-25(22)33(31-23)17-9-11-28-12-10-17/h3-8,13-14,17,28H,9-12H2,1-2H3,(H2,27,29,30). The number of amides is 1. The van der Waals surface area contributed by atoms with Gasteiger partial charge in [-0.2, -0.15) is 5.10 Å². The van der Waals surface area contributed by atoms with Crippen LogP contribution in [0.3, 0.4) is 0 Å². The Bertz CT molecular complexity index is 1400. The van der Waals surface area contributed by atoms with Crippen LogP contribution >= 0.6 is 0 Å². The first-order valence-electron chi connectivity index (χ1n) is 11.4. The minimum Gasteiger partial charge on any atom is -0.495 e. The number of hydrogen-bond acceptors (Lipinski definition) is 7. The van der Waals surface area contributed by atoms with E-state index in [1.165, 1.54) is 31.3 Å². The van der Waals surface area contributed by atoms with Crippen LogP contribution in [0.4, 0.5) is 21.6 Å². The molecule has 4 aromatic rings. The Morgan fingerprint density at radius 1 is 1.17 bits per heavy atom. The van der Waals surface area contributed by atoms with Gasteiger partial charge in [-0.3, -0.25) is 9.69 Å². The van der Waals surface area contributed by atoms with E-state index < -0.39 is 5.82 Å². The number of nitrogens with one attached hydrogen (secondary N) is 1. The Labute approximate surface area is 201 Å². The second-order valence-electron chi connectivity index (χ2n) is 8.42. The minimum absolute atomic E-state index is 0.143. The lowest BCUT2D eigenvalue weighted by molar-refractivity contribution is -0.115. The SMILES string of the molecule is COc1cc(-c2nn(C3CCNCC3)c3ncnc(N)c23)ccc1N(C(C)=O)c1ccccc1F. The van der Waals surface area contributed by atoms with Crippen molar-refractivity contribution in [3.63, 3.8) is 0 Å². The number of ether oxygens (including phenoxy) is 1. The molecule has 180 valence electrons. The quantitative estimate of drug-likeness (QED) is 0.451. The number of aromatic nitrogens is 4. The number of anilines is 3. The molecule has 0 unspecified atom stereocenters. The van der Waals surface area contributed by atoms with Crippen LogP contribution in [0, 0.1) is 5.82 Å². The molecule has 10 heteroatoms. The topological polar surface area (TPSA) is 111 Å². The fourth-order valence-electron chi connectivity index (χ4n) is 4.62. The fraction of sp³-hybridized carbons (Fsp3) is 0.280. The molecule has 1 saturated heterocycles. The van der Waals surface area contributed by atoms with Gasteiger partial charge in [0.05, 0.1) is 29.9 Å². The van der Waals surface area contributed by atoms with Gasteiger partial charge in [-0.1, -0.05) is 18.2 Å². The molecule has 0 spiro atoms. The summed E-state index contributed by atoms with van der Waals surface area (Å²) in [5.41, 5.74) is 8.87. The predicted molar refractivity (Wildman–Crippen MR) is 132 cm³/mol. The summed E-state index contributed by atoms with van der Waals surface area (Å²) in [6.45, 7) is 3.19. The van der Waals surface area contributed by atoms with Crippen LogP contribution in [0.1, 0.15) is 25.8 Å². The Kier molecular flexibility index (Phi) is 6.04. The van der Waals surface area contributed by atoms with Crippen molar-refractivity contribution in [2.45, 2.75) is 25.8 Å². The van der Waals surface area contributed by atoms with Crippen LogP contribution in [0.25, 0.3) is 22.3 Å². The number of methoxy groups -OCH3 is 1. The third kappa shape index (κ3) is 4.06. The van der Waals surface area contributed by atoms with Gasteiger partial charge in [0, 0.05) is 12.5 Å². The van der Waals surface area contributed by atoms with E-state index in [1.807, 2.05) is 10.7 Å². The van der Waals surface area contributed by atoms with Crippen molar-refractivity contribution in [3.8, 4) is 17.0 Å². The predicted octanol–water partition coefficient (Wildman–Crippen LogP) is 3.83. The van der Waals surface area contributed by atoms with Gasteiger partial charge in [0.1, 0.15) is 29.4 Å². The first-order valence-corrected chi connectivity index (χ1v) is 11.4. The Morgan fingerprint density at radius 2 is 1.94 bits per heavy atom. The molecule has 0 aliphatic carbocycles. The maximum absolute atomic E-state index is 14.6. The summed E-state index contributed by atoms with van der Waals surface area (Å²) in [6.07, 6.45) is 3.31. The maximum atomic E-state index is 14.6. The van der Waals surface area contributed by atoms with Gasteiger partial charge >= 0.3 is 0 Å². The molecule has 0 radical (unpaired) electrons. The lowest BCUT2D eigenvalue weighted by Crippen LogP contribution is -2.30. The number of carbonyl (C=O) groups excluding carboxylic acids is 1. The number of fused-ring (bicyclic) bond motifs is 1. The number of nitrogen functional groups attached to an aromatic ring is 1. The Balaban J connectivity index is 1.65. The molecule has 0 saturated carbocycles. The van der Waals surface area contributed by atoms with Crippen LogP contribution in [-0.2, 0) is 4.79 Å². The molecule has 1 aliphatic rings. The average Bonchev–Trinajstić information content (AvgIpc) is 3.27. The van der Waals surface area contributed by atoms with E-state index in [-0.39, 0.29) is 17.6 Å². The molecule has 1 fully saturated rings. The highest BCUT2D eigenvalue weighted by molar-refractivity contribution is 6.02. The fourth-order valence-corrected chi connectivity index (χ4v) is 4.62. The van der Waals surface area contributed by atoms with Gasteiger partial charge in [-0.25, -0.2) is 19.0 Å². The van der Waals surface area contributed by atoms with E-state index in [4.69, 9.17) is 15.6 Å². The molecule has 5 rings (SSSR count). The van der Waals surface area contributed by atoms with Crippen molar-refractivity contribution >= 4 is 34.1 Å². The Morgan fingerprint density at radius 3 is 2.66 bits per heavy atom. The molecule has 3 N–H and O–H groups in total. The highest BCUT2D eigenvalue weighted by Crippen LogP contribution is 2.40. The molecular formula is C25H26FN7O2. The first kappa shape index (κ1) is 22.7. The number of hydrogen-bond donors (Lipinski definition) is 2. The molecule has 0 atom stereocenters. The highest BCUT2D eigenvalue weighted by Gasteiger charge is 2.26. The third-order valence-corrected chi connectivity index (χ3v) is 6.27. The summed E-state index contributed by atoms with van der Waals surface area (Å²) in [7, 11) is 1.51. The van der Waals surface area contributed by atoms with Crippen molar-refractivity contribution < 1.29 is 13.9 Å². The van der Waals surface area contributed by atoms with E-state index in [0.29, 0.717) is 34.0 Å². The lowest BCUT2D eigenvalue weighted by Gasteiger charge is -2.24. The van der Waals surface area contributed by atoms with Gasteiger partial charge in [0.25, 0.3) is 0 Å². The van der Waals surface area contributed by atoms with Crippen molar-refractivity contribution in [1.29, 1.82) is 0 Å². The number of benzene rings is 2. The number of rotatable bonds is 5. The normalized spacial score (nSPS) is 14.3. The monoisotopic (exact) mass is 475 g/mol. The summed E-state index contributed by atoms with van der Waals surface area (Å²) >= 11 is 0. The van der Waals surface area contributed by atoms with E-state index in [9.17, 15) is 9.18 Å². The number of piperidine rings is 1. The molecule has 35 heavy (non-hydrogen) atoms. The number of carbonyl (C=O) groups is 1. The number of para-hydroxylation sites is 1. The summed E-state index contributed by atoms with van der Waals surface area (Å²) in [6, 6.07) is 11.6. The zero-order valence-electron chi connectivity index (χ0n) is 19.5. The van der Waals surface area contributed by atoms with Crippen LogP contribution < -0.4 is 20.7 Å². The molecule has 1 amide bonds. The maximum Gasteiger partial charge on any atom is 0.228 e. The van der Waals surface area contributed by atoms with E-state index in [1.54, 1.807) is 30.3 Å². The van der Waals surface area contributed by atoms with Crippen molar-refractivity contribution in [1.82, 2.24) is 25.1 Å². The number of nitrogens with two attached hydrogens (primary N) is 1. The van der Waals surface area contributed by atoms with Gasteiger partial charge in [0.15, 0.2) is 5.65 Å². The largest absolute Gasteiger partial charge is 0.495 e. The number of halogens is 1. The van der Waals surface area contributed by atoms with Gasteiger partial charge in [-0.15, -0.1) is 0 Å². The van der Waals surface area contributed by atoms with Gasteiger partial charge in [-0.05, 0) is 50.2 Å². The summed E-state index contributed by atoms with van der Waals surface area (Å²) in [5, 5.41) is 8.94. The van der Waals surface area contributed by atoms with E-state index in [0.717, 1.165) is 31.5 Å². The van der Waals surface area contributed by atoms with Crippen LogP contribution in [0.2, 0.25) is 0 Å². The first-order chi connectivity index (χ1) is 17.0. The number of nitrogens with zero attached hydrogens (tertiary/aromatic N) is 5. The lowest BCUT2D eigenvalue weighted by atomic mass is 10.1. The van der Waals surface area contributed by atoms with Crippen LogP contribution in [0.5, 0.6) is 5.75 Å². The minimum atomic E-state index is -0.509. The molecule has 2 aromatic heterocycles. The summed E-state index contributed by atoms with van der Waals surface area (Å²) < 4.78 is 22.2. The van der Waals surface area contributed by atoms with Crippen molar-refractivity contribution in [2.24, 2.45) is 0 Å². The average molecular weight is 476 g/mol. The van der Waals surface area contributed by atoms with E-state index >= 15 is 0 Å². The van der Waals surface area contributed by atoms with Crippen molar-refractivity contribution in [2.75, 3.05) is 30.8 Å². The highest BCUT2D eigenvalue weighted by atomic mass is 19.1. The van der Waals surface area contributed by atoms with Gasteiger partial charge < -0.3 is 15.8 Å². The molecule has 2 aromatic carbocycles. The zero-order valence-corrected chi connectivity index (χ0v) is 19.5. The molecule has 1 aliphatic heterocycles. The molecule has 0 bridgehead atoms. The Hall–Kier alpha value is -4.05. The molecular weight excluding hydrogens is 449 g/mol. The summed E-state index contributed by atoms with van der Waals surface area (Å²) in [4.78, 5) is 22.5. The second-order valence-corrected chi connectivity index (χ2v) is 8.42.